The van der Waals surface area contributed by atoms with Gasteiger partial charge in [0, 0.05) is 19.3 Å². The van der Waals surface area contributed by atoms with Crippen molar-refractivity contribution in [2.24, 2.45) is 0 Å². The third kappa shape index (κ3) is 13.5. The molecule has 1 aliphatic rings. The van der Waals surface area contributed by atoms with E-state index < -0.39 is 5.60 Å². The Kier molecular flexibility index (Phi) is 12.2. The molecule has 0 saturated carbocycles. The highest BCUT2D eigenvalue weighted by atomic mass is 16.7. The summed E-state index contributed by atoms with van der Waals surface area (Å²) >= 11 is 0. The fourth-order valence-electron chi connectivity index (χ4n) is 2.88. The Morgan fingerprint density at radius 1 is 1.11 bits per heavy atom. The first-order valence-corrected chi connectivity index (χ1v) is 10.7. The molecule has 1 fully saturated rings. The van der Waals surface area contributed by atoms with Gasteiger partial charge >= 0.3 is 5.97 Å². The monoisotopic (exact) mass is 380 g/mol. The second-order valence-electron chi connectivity index (χ2n) is 8.23. The molecule has 0 aromatic carbocycles. The van der Waals surface area contributed by atoms with E-state index in [1.54, 1.807) is 0 Å². The van der Waals surface area contributed by atoms with Gasteiger partial charge in [-0.1, -0.05) is 31.9 Å². The fourth-order valence-corrected chi connectivity index (χ4v) is 2.88. The topological polar surface area (TPSA) is 44.8 Å². The molecule has 1 heterocycles. The first kappa shape index (κ1) is 23.7. The maximum Gasteiger partial charge on any atom is 0.306 e. The zero-order valence-electron chi connectivity index (χ0n) is 17.9. The highest BCUT2D eigenvalue weighted by Crippen LogP contribution is 2.20. The van der Waals surface area contributed by atoms with E-state index >= 15 is 0 Å². The molecule has 0 bridgehead atoms. The Labute approximate surface area is 166 Å². The van der Waals surface area contributed by atoms with Crippen molar-refractivity contribution in [1.82, 2.24) is 0 Å². The highest BCUT2D eigenvalue weighted by Gasteiger charge is 2.16. The number of allylic oxidation sites excluding steroid dienone is 3. The van der Waals surface area contributed by atoms with E-state index in [0.717, 1.165) is 50.9 Å². The molecule has 0 radical (unpaired) electrons. The van der Waals surface area contributed by atoms with Crippen LogP contribution in [0.15, 0.2) is 24.0 Å². The summed E-state index contributed by atoms with van der Waals surface area (Å²) in [5, 5.41) is 0. The Balaban J connectivity index is 2.33. The van der Waals surface area contributed by atoms with Gasteiger partial charge in [0.2, 0.25) is 0 Å². The van der Waals surface area contributed by atoms with Crippen LogP contribution >= 0.6 is 0 Å². The van der Waals surface area contributed by atoms with E-state index in [1.165, 1.54) is 25.7 Å². The summed E-state index contributed by atoms with van der Waals surface area (Å²) in [6.45, 7) is 8.71. The van der Waals surface area contributed by atoms with Crippen LogP contribution in [0, 0.1) is 0 Å². The van der Waals surface area contributed by atoms with Crippen LogP contribution in [0.3, 0.4) is 0 Å². The SMILES string of the molecule is CCCCCC=C(CC=CCCCC(=O)OC(C)(C)C)O[C@@H]1CCCCO1. The lowest BCUT2D eigenvalue weighted by Gasteiger charge is -2.24. The van der Waals surface area contributed by atoms with Crippen molar-refractivity contribution >= 4 is 5.97 Å². The van der Waals surface area contributed by atoms with E-state index in [4.69, 9.17) is 14.2 Å². The first-order chi connectivity index (χ1) is 12.9. The first-order valence-electron chi connectivity index (χ1n) is 10.7. The van der Waals surface area contributed by atoms with Crippen LogP contribution in [0.25, 0.3) is 0 Å². The minimum Gasteiger partial charge on any atom is -0.469 e. The summed E-state index contributed by atoms with van der Waals surface area (Å²) in [7, 11) is 0. The van der Waals surface area contributed by atoms with Crippen LogP contribution in [0.4, 0.5) is 0 Å². The molecule has 1 saturated heterocycles. The largest absolute Gasteiger partial charge is 0.469 e. The van der Waals surface area contributed by atoms with Crippen LogP contribution in [0.2, 0.25) is 0 Å². The molecule has 156 valence electrons. The van der Waals surface area contributed by atoms with Crippen molar-refractivity contribution in [3.63, 3.8) is 0 Å². The smallest absolute Gasteiger partial charge is 0.306 e. The molecular formula is C23H40O4. The predicted molar refractivity (Wildman–Crippen MR) is 110 cm³/mol. The number of carbonyl (C=O) groups excluding carboxylic acids is 1. The molecule has 0 unspecified atom stereocenters. The zero-order chi connectivity index (χ0) is 20.0. The van der Waals surface area contributed by atoms with E-state index in [2.05, 4.69) is 25.2 Å². The number of ether oxygens (including phenoxy) is 3. The number of esters is 1. The van der Waals surface area contributed by atoms with Gasteiger partial charge in [-0.3, -0.25) is 4.79 Å². The summed E-state index contributed by atoms with van der Waals surface area (Å²) in [5.41, 5.74) is -0.400. The molecule has 4 heteroatoms. The van der Waals surface area contributed by atoms with Crippen molar-refractivity contribution in [3.05, 3.63) is 24.0 Å². The number of hydrogen-bond acceptors (Lipinski definition) is 4. The lowest BCUT2D eigenvalue weighted by atomic mass is 10.1. The zero-order valence-corrected chi connectivity index (χ0v) is 17.9. The maximum absolute atomic E-state index is 11.7. The predicted octanol–water partition coefficient (Wildman–Crippen LogP) is 6.45. The van der Waals surface area contributed by atoms with Crippen molar-refractivity contribution < 1.29 is 19.0 Å². The minimum atomic E-state index is -0.400. The molecule has 1 atom stereocenters. The molecule has 0 amide bonds. The maximum atomic E-state index is 11.7. The van der Waals surface area contributed by atoms with Gasteiger partial charge in [-0.15, -0.1) is 0 Å². The third-order valence-corrected chi connectivity index (χ3v) is 4.26. The molecule has 0 N–H and O–H groups in total. The van der Waals surface area contributed by atoms with E-state index in [0.29, 0.717) is 6.42 Å². The Morgan fingerprint density at radius 2 is 1.93 bits per heavy atom. The van der Waals surface area contributed by atoms with Gasteiger partial charge in [-0.05, 0) is 65.4 Å². The van der Waals surface area contributed by atoms with Gasteiger partial charge in [0.1, 0.15) is 5.60 Å². The number of carbonyl (C=O) groups is 1. The second kappa shape index (κ2) is 13.8. The quantitative estimate of drug-likeness (QED) is 0.169. The summed E-state index contributed by atoms with van der Waals surface area (Å²) in [6, 6.07) is 0. The summed E-state index contributed by atoms with van der Waals surface area (Å²) in [6.07, 6.45) is 17.4. The molecule has 1 aliphatic heterocycles. The van der Waals surface area contributed by atoms with Crippen molar-refractivity contribution in [2.45, 2.75) is 110 Å². The summed E-state index contributed by atoms with van der Waals surface area (Å²) < 4.78 is 17.1. The average Bonchev–Trinajstić information content (AvgIpc) is 2.60. The van der Waals surface area contributed by atoms with Crippen LogP contribution in [0.1, 0.15) is 98.3 Å². The molecular weight excluding hydrogens is 340 g/mol. The van der Waals surface area contributed by atoms with E-state index in [-0.39, 0.29) is 12.3 Å². The molecule has 27 heavy (non-hydrogen) atoms. The number of unbranched alkanes of at least 4 members (excludes halogenated alkanes) is 4. The lowest BCUT2D eigenvalue weighted by molar-refractivity contribution is -0.154. The minimum absolute atomic E-state index is 0.0863. The van der Waals surface area contributed by atoms with Crippen LogP contribution < -0.4 is 0 Å². The van der Waals surface area contributed by atoms with Crippen molar-refractivity contribution in [3.8, 4) is 0 Å². The lowest BCUT2D eigenvalue weighted by Crippen LogP contribution is -2.23. The third-order valence-electron chi connectivity index (χ3n) is 4.26. The Bertz CT molecular complexity index is 453. The van der Waals surface area contributed by atoms with Gasteiger partial charge in [0.25, 0.3) is 0 Å². The van der Waals surface area contributed by atoms with E-state index in [9.17, 15) is 4.79 Å². The van der Waals surface area contributed by atoms with E-state index in [1.807, 2.05) is 20.8 Å². The molecule has 0 aliphatic carbocycles. The Hall–Kier alpha value is -1.29. The Morgan fingerprint density at radius 3 is 2.59 bits per heavy atom. The van der Waals surface area contributed by atoms with Gasteiger partial charge in [-0.2, -0.15) is 0 Å². The molecule has 0 aromatic heterocycles. The van der Waals surface area contributed by atoms with Crippen LogP contribution in [-0.2, 0) is 19.0 Å². The summed E-state index contributed by atoms with van der Waals surface area (Å²) in [4.78, 5) is 11.7. The van der Waals surface area contributed by atoms with Gasteiger partial charge in [-0.25, -0.2) is 0 Å². The van der Waals surface area contributed by atoms with Gasteiger partial charge in [0.05, 0.1) is 12.4 Å². The van der Waals surface area contributed by atoms with Crippen molar-refractivity contribution in [2.75, 3.05) is 6.61 Å². The number of rotatable bonds is 12. The van der Waals surface area contributed by atoms with Gasteiger partial charge in [0.15, 0.2) is 6.29 Å². The van der Waals surface area contributed by atoms with Crippen LogP contribution in [0.5, 0.6) is 0 Å². The second-order valence-corrected chi connectivity index (χ2v) is 8.23. The molecule has 1 rings (SSSR count). The molecule has 0 spiro atoms. The average molecular weight is 381 g/mol. The van der Waals surface area contributed by atoms with Crippen LogP contribution in [-0.4, -0.2) is 24.5 Å². The molecule has 0 aromatic rings. The highest BCUT2D eigenvalue weighted by molar-refractivity contribution is 5.69. The summed E-state index contributed by atoms with van der Waals surface area (Å²) in [5.74, 6) is 0.895. The normalized spacial score (nSPS) is 18.7. The van der Waals surface area contributed by atoms with Crippen molar-refractivity contribution in [1.29, 1.82) is 0 Å². The molecule has 4 nitrogen and oxygen atoms in total. The van der Waals surface area contributed by atoms with Gasteiger partial charge < -0.3 is 14.2 Å². The standard InChI is InChI=1S/C23H40O4/c1-5-6-7-10-15-20(26-22-18-13-14-19-25-22)16-11-8-9-12-17-21(24)27-23(2,3)4/h8,11,15,22H,5-7,9-10,12-14,16-19H2,1-4H3/t22-/m1/s1. The number of hydrogen-bond donors (Lipinski definition) is 0. The fraction of sp³-hybridized carbons (Fsp3) is 0.783.